The summed E-state index contributed by atoms with van der Waals surface area (Å²) >= 11 is 18.5. The molecule has 0 amide bonds. The first-order chi connectivity index (χ1) is 8.19. The molecule has 1 nitrogen and oxygen atoms in total. The molecular weight excluding hydrogens is 293 g/mol. The summed E-state index contributed by atoms with van der Waals surface area (Å²) < 4.78 is 0.987. The van der Waals surface area contributed by atoms with E-state index < -0.39 is 0 Å². The molecule has 0 N–H and O–H groups in total. The van der Waals surface area contributed by atoms with Gasteiger partial charge in [-0.05, 0) is 37.5 Å². The number of thioether (sulfide) groups is 1. The standard InChI is InChI=1S/C12H17Cl2NS2/c13-5-11(14)8-17-12(16)15-6-9-1-2-10(7-15)4-3-9/h5,9-10H,1-4,6-8H2. The van der Waals surface area contributed by atoms with Crippen LogP contribution in [0.15, 0.2) is 10.6 Å². The third-order valence-electron chi connectivity index (χ3n) is 3.63. The van der Waals surface area contributed by atoms with Crippen molar-refractivity contribution in [1.29, 1.82) is 0 Å². The Kier molecular flexibility index (Phi) is 5.47. The molecule has 2 saturated heterocycles. The van der Waals surface area contributed by atoms with Crippen LogP contribution in [0, 0.1) is 11.8 Å². The van der Waals surface area contributed by atoms with Crippen LogP contribution in [0.1, 0.15) is 25.7 Å². The molecule has 2 heterocycles. The van der Waals surface area contributed by atoms with E-state index in [1.807, 2.05) is 0 Å². The molecule has 17 heavy (non-hydrogen) atoms. The molecule has 0 radical (unpaired) electrons. The Bertz CT molecular complexity index is 298. The van der Waals surface area contributed by atoms with E-state index in [1.54, 1.807) is 11.8 Å². The third-order valence-corrected chi connectivity index (χ3v) is 5.98. The number of fused-ring (bicyclic) bond motifs is 4. The van der Waals surface area contributed by atoms with Crippen molar-refractivity contribution < 1.29 is 0 Å². The second-order valence-electron chi connectivity index (χ2n) is 4.90. The molecule has 2 bridgehead atoms. The fourth-order valence-electron chi connectivity index (χ4n) is 2.70. The molecule has 1 aliphatic carbocycles. The fourth-order valence-corrected chi connectivity index (χ4v) is 4.03. The highest BCUT2D eigenvalue weighted by Gasteiger charge is 2.30. The molecule has 0 spiro atoms. The van der Waals surface area contributed by atoms with Crippen molar-refractivity contribution in [2.75, 3.05) is 18.8 Å². The Morgan fingerprint density at radius 1 is 1.24 bits per heavy atom. The van der Waals surface area contributed by atoms with Crippen LogP contribution < -0.4 is 0 Å². The van der Waals surface area contributed by atoms with Crippen molar-refractivity contribution in [3.8, 4) is 0 Å². The number of thiocarbonyl (C=S) groups is 1. The number of hydrogen-bond donors (Lipinski definition) is 0. The lowest BCUT2D eigenvalue weighted by Crippen LogP contribution is -2.31. The van der Waals surface area contributed by atoms with Gasteiger partial charge in [0.15, 0.2) is 0 Å². The third kappa shape index (κ3) is 4.02. The molecule has 0 aromatic rings. The molecule has 3 rings (SSSR count). The summed E-state index contributed by atoms with van der Waals surface area (Å²) in [6, 6.07) is 0. The Morgan fingerprint density at radius 3 is 2.24 bits per heavy atom. The number of nitrogens with zero attached hydrogens (tertiary/aromatic N) is 1. The maximum Gasteiger partial charge on any atom is 0.136 e. The van der Waals surface area contributed by atoms with Gasteiger partial charge in [-0.15, -0.1) is 0 Å². The zero-order valence-corrected chi connectivity index (χ0v) is 12.8. The smallest absolute Gasteiger partial charge is 0.136 e. The van der Waals surface area contributed by atoms with E-state index in [1.165, 1.54) is 31.2 Å². The highest BCUT2D eigenvalue weighted by Crippen LogP contribution is 2.35. The van der Waals surface area contributed by atoms with Crippen LogP contribution in [0.4, 0.5) is 0 Å². The van der Waals surface area contributed by atoms with Crippen LogP contribution in [-0.2, 0) is 0 Å². The maximum absolute atomic E-state index is 5.88. The average molecular weight is 310 g/mol. The lowest BCUT2D eigenvalue weighted by atomic mass is 9.84. The van der Waals surface area contributed by atoms with Gasteiger partial charge in [0.05, 0.1) is 0 Å². The van der Waals surface area contributed by atoms with E-state index >= 15 is 0 Å². The minimum absolute atomic E-state index is 0.664. The monoisotopic (exact) mass is 309 g/mol. The second-order valence-corrected chi connectivity index (χ2v) is 7.22. The van der Waals surface area contributed by atoms with Gasteiger partial charge < -0.3 is 4.90 Å². The van der Waals surface area contributed by atoms with Crippen LogP contribution in [0.5, 0.6) is 0 Å². The molecule has 0 unspecified atom stereocenters. The van der Waals surface area contributed by atoms with Gasteiger partial charge in [-0.3, -0.25) is 0 Å². The van der Waals surface area contributed by atoms with Gasteiger partial charge in [-0.25, -0.2) is 0 Å². The van der Waals surface area contributed by atoms with Gasteiger partial charge in [-0.2, -0.15) is 0 Å². The molecule has 0 aromatic heterocycles. The van der Waals surface area contributed by atoms with Crippen molar-refractivity contribution in [2.45, 2.75) is 25.7 Å². The van der Waals surface area contributed by atoms with Gasteiger partial charge in [-0.1, -0.05) is 47.2 Å². The fraction of sp³-hybridized carbons (Fsp3) is 0.750. The van der Waals surface area contributed by atoms with Crippen LogP contribution in [0.2, 0.25) is 0 Å². The normalized spacial score (nSPS) is 29.3. The maximum atomic E-state index is 5.88. The highest BCUT2D eigenvalue weighted by atomic mass is 35.5. The average Bonchev–Trinajstić information content (AvgIpc) is 2.68. The summed E-state index contributed by atoms with van der Waals surface area (Å²) in [5.74, 6) is 2.40. The topological polar surface area (TPSA) is 3.24 Å². The van der Waals surface area contributed by atoms with Crippen LogP contribution in [0.25, 0.3) is 0 Å². The molecular formula is C12H17Cl2NS2. The molecule has 2 aliphatic heterocycles. The summed E-state index contributed by atoms with van der Waals surface area (Å²) in [6.07, 6.45) is 5.54. The van der Waals surface area contributed by atoms with Gasteiger partial charge in [0.25, 0.3) is 0 Å². The molecule has 96 valence electrons. The van der Waals surface area contributed by atoms with Crippen molar-refractivity contribution in [3.63, 3.8) is 0 Å². The van der Waals surface area contributed by atoms with Crippen molar-refractivity contribution in [2.24, 2.45) is 11.8 Å². The van der Waals surface area contributed by atoms with Gasteiger partial charge >= 0.3 is 0 Å². The Morgan fingerprint density at radius 2 is 1.76 bits per heavy atom. The van der Waals surface area contributed by atoms with E-state index in [0.717, 1.165) is 29.2 Å². The lowest BCUT2D eigenvalue weighted by Gasteiger charge is -2.24. The van der Waals surface area contributed by atoms with E-state index in [9.17, 15) is 0 Å². The van der Waals surface area contributed by atoms with E-state index in [2.05, 4.69) is 4.90 Å². The Labute approximate surface area is 123 Å². The summed E-state index contributed by atoms with van der Waals surface area (Å²) in [7, 11) is 0. The number of rotatable bonds is 2. The predicted octanol–water partition coefficient (Wildman–Crippen LogP) is 4.45. The van der Waals surface area contributed by atoms with E-state index in [0.29, 0.717) is 10.8 Å². The van der Waals surface area contributed by atoms with E-state index in [-0.39, 0.29) is 0 Å². The quantitative estimate of drug-likeness (QED) is 0.694. The molecule has 0 atom stereocenters. The van der Waals surface area contributed by atoms with Crippen molar-refractivity contribution >= 4 is 51.5 Å². The summed E-state index contributed by atoms with van der Waals surface area (Å²) in [4.78, 5) is 2.38. The molecule has 3 fully saturated rings. The lowest BCUT2D eigenvalue weighted by molar-refractivity contribution is 0.326. The highest BCUT2D eigenvalue weighted by molar-refractivity contribution is 8.23. The predicted molar refractivity (Wildman–Crippen MR) is 81.9 cm³/mol. The van der Waals surface area contributed by atoms with Crippen molar-refractivity contribution in [1.82, 2.24) is 4.90 Å². The molecule has 3 aliphatic rings. The largest absolute Gasteiger partial charge is 0.357 e. The SMILES string of the molecule is S=C(SCC(Cl)=CCl)N1CC2CCC(CC2)C1. The minimum Gasteiger partial charge on any atom is -0.357 e. The Balaban J connectivity index is 1.87. The molecule has 1 saturated carbocycles. The molecule has 5 heteroatoms. The summed E-state index contributed by atoms with van der Waals surface area (Å²) in [5, 5.41) is 0.664. The van der Waals surface area contributed by atoms with Gasteiger partial charge in [0.1, 0.15) is 4.32 Å². The van der Waals surface area contributed by atoms with Crippen molar-refractivity contribution in [3.05, 3.63) is 10.6 Å². The summed E-state index contributed by atoms with van der Waals surface area (Å²) in [6.45, 7) is 2.29. The van der Waals surface area contributed by atoms with Gasteiger partial charge in [0, 0.05) is 29.4 Å². The zero-order valence-electron chi connectivity index (χ0n) is 9.70. The number of hydrogen-bond acceptors (Lipinski definition) is 2. The minimum atomic E-state index is 0.664. The Hall–Kier alpha value is 0.560. The second kappa shape index (κ2) is 6.65. The van der Waals surface area contributed by atoms with Crippen LogP contribution in [-0.4, -0.2) is 28.1 Å². The first-order valence-electron chi connectivity index (χ1n) is 6.05. The zero-order chi connectivity index (χ0) is 12.3. The van der Waals surface area contributed by atoms with Gasteiger partial charge in [0.2, 0.25) is 0 Å². The first kappa shape index (κ1) is 14.0. The van der Waals surface area contributed by atoms with Crippen LogP contribution >= 0.6 is 47.2 Å². The van der Waals surface area contributed by atoms with Crippen LogP contribution in [0.3, 0.4) is 0 Å². The van der Waals surface area contributed by atoms with E-state index in [4.69, 9.17) is 35.4 Å². The number of halogens is 2. The first-order valence-corrected chi connectivity index (χ1v) is 8.26. The summed E-state index contributed by atoms with van der Waals surface area (Å²) in [5.41, 5.74) is 1.42. The molecule has 0 aromatic carbocycles.